The van der Waals surface area contributed by atoms with Crippen LogP contribution in [0.15, 0.2) is 24.3 Å². The SMILES string of the molecule is CCC1(c2cccc(OC)c2)CC(C)C(=O)N(C)C1. The molecule has 1 aliphatic rings. The molecule has 104 valence electrons. The number of hydrogen-bond donors (Lipinski definition) is 0. The minimum absolute atomic E-state index is 0.0522. The van der Waals surface area contributed by atoms with Crippen molar-refractivity contribution in [3.8, 4) is 5.75 Å². The lowest BCUT2D eigenvalue weighted by Gasteiger charge is -2.44. The van der Waals surface area contributed by atoms with E-state index in [4.69, 9.17) is 4.74 Å². The number of amides is 1. The monoisotopic (exact) mass is 261 g/mol. The maximum Gasteiger partial charge on any atom is 0.225 e. The summed E-state index contributed by atoms with van der Waals surface area (Å²) in [5.41, 5.74) is 1.33. The van der Waals surface area contributed by atoms with Gasteiger partial charge in [-0.3, -0.25) is 4.79 Å². The van der Waals surface area contributed by atoms with Crippen molar-refractivity contribution in [3.63, 3.8) is 0 Å². The molecule has 1 amide bonds. The smallest absolute Gasteiger partial charge is 0.225 e. The van der Waals surface area contributed by atoms with E-state index in [2.05, 4.69) is 19.1 Å². The van der Waals surface area contributed by atoms with Gasteiger partial charge in [-0.05, 0) is 30.5 Å². The molecule has 0 saturated carbocycles. The second-order valence-corrected chi connectivity index (χ2v) is 5.67. The number of likely N-dealkylation sites (N-methyl/N-ethyl adjacent to an activating group) is 1. The lowest BCUT2D eigenvalue weighted by atomic mass is 9.69. The van der Waals surface area contributed by atoms with Crippen molar-refractivity contribution in [2.45, 2.75) is 32.1 Å². The van der Waals surface area contributed by atoms with Gasteiger partial charge < -0.3 is 9.64 Å². The number of carbonyl (C=O) groups is 1. The number of piperidine rings is 1. The summed E-state index contributed by atoms with van der Waals surface area (Å²) in [4.78, 5) is 13.9. The number of benzene rings is 1. The molecule has 3 nitrogen and oxygen atoms in total. The quantitative estimate of drug-likeness (QED) is 0.837. The van der Waals surface area contributed by atoms with E-state index < -0.39 is 0 Å². The number of rotatable bonds is 3. The van der Waals surface area contributed by atoms with E-state index in [9.17, 15) is 4.79 Å². The molecule has 19 heavy (non-hydrogen) atoms. The van der Waals surface area contributed by atoms with Crippen molar-refractivity contribution in [2.75, 3.05) is 20.7 Å². The Balaban J connectivity index is 2.39. The van der Waals surface area contributed by atoms with E-state index >= 15 is 0 Å². The molecule has 0 spiro atoms. The van der Waals surface area contributed by atoms with Gasteiger partial charge in [0.05, 0.1) is 7.11 Å². The summed E-state index contributed by atoms with van der Waals surface area (Å²) in [6.45, 7) is 5.03. The molecule has 0 N–H and O–H groups in total. The molecule has 1 fully saturated rings. The Morgan fingerprint density at radius 3 is 2.79 bits per heavy atom. The molecule has 0 bridgehead atoms. The van der Waals surface area contributed by atoms with Crippen LogP contribution in [-0.2, 0) is 10.2 Å². The van der Waals surface area contributed by atoms with Crippen molar-refractivity contribution in [2.24, 2.45) is 5.92 Å². The van der Waals surface area contributed by atoms with Crippen molar-refractivity contribution < 1.29 is 9.53 Å². The highest BCUT2D eigenvalue weighted by Gasteiger charge is 2.41. The first-order chi connectivity index (χ1) is 9.02. The molecule has 0 radical (unpaired) electrons. The average Bonchev–Trinajstić information content (AvgIpc) is 2.44. The third-order valence-electron chi connectivity index (χ3n) is 4.39. The summed E-state index contributed by atoms with van der Waals surface area (Å²) >= 11 is 0. The van der Waals surface area contributed by atoms with E-state index in [0.29, 0.717) is 0 Å². The minimum Gasteiger partial charge on any atom is -0.497 e. The standard InChI is InChI=1S/C16H23NO2/c1-5-16(10-12(2)15(18)17(3)11-16)13-7-6-8-14(9-13)19-4/h6-9,12H,5,10-11H2,1-4H3. The molecule has 0 aliphatic carbocycles. The highest BCUT2D eigenvalue weighted by molar-refractivity contribution is 5.79. The first-order valence-corrected chi connectivity index (χ1v) is 6.92. The minimum atomic E-state index is 0.0522. The molecule has 1 saturated heterocycles. The van der Waals surface area contributed by atoms with Crippen molar-refractivity contribution in [3.05, 3.63) is 29.8 Å². The third kappa shape index (κ3) is 2.46. The van der Waals surface area contributed by atoms with Gasteiger partial charge in [0, 0.05) is 24.9 Å². The molecular weight excluding hydrogens is 238 g/mol. The van der Waals surface area contributed by atoms with Gasteiger partial charge in [-0.25, -0.2) is 0 Å². The molecule has 1 aromatic rings. The maximum absolute atomic E-state index is 12.0. The number of likely N-dealkylation sites (tertiary alicyclic amines) is 1. The largest absolute Gasteiger partial charge is 0.497 e. The van der Waals surface area contributed by atoms with Crippen molar-refractivity contribution in [1.29, 1.82) is 0 Å². The second kappa shape index (κ2) is 5.24. The number of methoxy groups -OCH3 is 1. The Labute approximate surface area is 115 Å². The number of ether oxygens (including phenoxy) is 1. The predicted molar refractivity (Wildman–Crippen MR) is 76.4 cm³/mol. The number of hydrogen-bond acceptors (Lipinski definition) is 2. The van der Waals surface area contributed by atoms with Gasteiger partial charge in [0.1, 0.15) is 5.75 Å². The lowest BCUT2D eigenvalue weighted by molar-refractivity contribution is -0.138. The van der Waals surface area contributed by atoms with E-state index in [1.54, 1.807) is 7.11 Å². The van der Waals surface area contributed by atoms with Crippen LogP contribution >= 0.6 is 0 Å². The molecule has 1 aromatic carbocycles. The van der Waals surface area contributed by atoms with E-state index in [0.717, 1.165) is 25.1 Å². The van der Waals surface area contributed by atoms with Gasteiger partial charge in [0.25, 0.3) is 0 Å². The number of carbonyl (C=O) groups excluding carboxylic acids is 1. The first-order valence-electron chi connectivity index (χ1n) is 6.92. The van der Waals surface area contributed by atoms with Gasteiger partial charge in [-0.15, -0.1) is 0 Å². The Kier molecular flexibility index (Phi) is 3.83. The fourth-order valence-electron chi connectivity index (χ4n) is 3.27. The first kappa shape index (κ1) is 13.9. The average molecular weight is 261 g/mol. The Morgan fingerprint density at radius 2 is 2.21 bits per heavy atom. The van der Waals surface area contributed by atoms with Crippen molar-refractivity contribution >= 4 is 5.91 Å². The summed E-state index contributed by atoms with van der Waals surface area (Å²) in [6, 6.07) is 8.27. The van der Waals surface area contributed by atoms with Crippen LogP contribution < -0.4 is 4.74 Å². The van der Waals surface area contributed by atoms with E-state index in [1.807, 2.05) is 31.0 Å². The topological polar surface area (TPSA) is 29.5 Å². The molecule has 1 heterocycles. The summed E-state index contributed by atoms with van der Waals surface area (Å²) in [6.07, 6.45) is 1.95. The fourth-order valence-corrected chi connectivity index (χ4v) is 3.27. The highest BCUT2D eigenvalue weighted by atomic mass is 16.5. The predicted octanol–water partition coefficient (Wildman–Crippen LogP) is 2.84. The van der Waals surface area contributed by atoms with E-state index in [-0.39, 0.29) is 17.2 Å². The summed E-state index contributed by atoms with van der Waals surface area (Å²) in [5, 5.41) is 0. The van der Waals surface area contributed by atoms with Crippen LogP contribution in [0.2, 0.25) is 0 Å². The zero-order chi connectivity index (χ0) is 14.0. The highest BCUT2D eigenvalue weighted by Crippen LogP contribution is 2.40. The van der Waals surface area contributed by atoms with Gasteiger partial charge in [-0.2, -0.15) is 0 Å². The zero-order valence-corrected chi connectivity index (χ0v) is 12.3. The fraction of sp³-hybridized carbons (Fsp3) is 0.562. The van der Waals surface area contributed by atoms with Crippen LogP contribution in [-0.4, -0.2) is 31.5 Å². The zero-order valence-electron chi connectivity index (χ0n) is 12.3. The summed E-state index contributed by atoms with van der Waals surface area (Å²) < 4.78 is 5.33. The second-order valence-electron chi connectivity index (χ2n) is 5.67. The molecule has 1 aliphatic heterocycles. The van der Waals surface area contributed by atoms with Crippen LogP contribution in [0.1, 0.15) is 32.3 Å². The normalized spacial score (nSPS) is 27.5. The Morgan fingerprint density at radius 1 is 1.47 bits per heavy atom. The van der Waals surface area contributed by atoms with Gasteiger partial charge in [-0.1, -0.05) is 26.0 Å². The maximum atomic E-state index is 12.0. The van der Waals surface area contributed by atoms with Crippen LogP contribution in [0.25, 0.3) is 0 Å². The Hall–Kier alpha value is -1.51. The van der Waals surface area contributed by atoms with Crippen LogP contribution in [0.3, 0.4) is 0 Å². The Bertz CT molecular complexity index is 456. The van der Waals surface area contributed by atoms with Crippen LogP contribution in [0.5, 0.6) is 5.75 Å². The molecule has 2 rings (SSSR count). The lowest BCUT2D eigenvalue weighted by Crippen LogP contribution is -2.50. The molecule has 3 heteroatoms. The molecular formula is C16H23NO2. The van der Waals surface area contributed by atoms with Crippen molar-refractivity contribution in [1.82, 2.24) is 4.90 Å². The van der Waals surface area contributed by atoms with E-state index in [1.165, 1.54) is 5.56 Å². The molecule has 2 unspecified atom stereocenters. The molecule has 2 atom stereocenters. The van der Waals surface area contributed by atoms with Gasteiger partial charge >= 0.3 is 0 Å². The molecule has 0 aromatic heterocycles. The van der Waals surface area contributed by atoms with Crippen LogP contribution in [0, 0.1) is 5.92 Å². The summed E-state index contributed by atoms with van der Waals surface area (Å²) in [7, 11) is 3.60. The van der Waals surface area contributed by atoms with Crippen LogP contribution in [0.4, 0.5) is 0 Å². The number of nitrogens with zero attached hydrogens (tertiary/aromatic N) is 1. The third-order valence-corrected chi connectivity index (χ3v) is 4.39. The van der Waals surface area contributed by atoms with Gasteiger partial charge in [0.15, 0.2) is 0 Å². The summed E-state index contributed by atoms with van der Waals surface area (Å²) in [5.74, 6) is 1.23. The van der Waals surface area contributed by atoms with Gasteiger partial charge in [0.2, 0.25) is 5.91 Å².